The van der Waals surface area contributed by atoms with Gasteiger partial charge in [0.2, 0.25) is 5.91 Å². The summed E-state index contributed by atoms with van der Waals surface area (Å²) in [5.74, 6) is -1.97. The number of hydrogen-bond donors (Lipinski definition) is 5. The maximum Gasteiger partial charge on any atom is 0.303 e. The van der Waals surface area contributed by atoms with Crippen molar-refractivity contribution in [1.29, 1.82) is 5.41 Å². The molecule has 0 aliphatic carbocycles. The molecular formula is C22H22ClN5O3S. The van der Waals surface area contributed by atoms with E-state index in [-0.39, 0.29) is 24.7 Å². The van der Waals surface area contributed by atoms with Crippen LogP contribution in [-0.4, -0.2) is 27.9 Å². The summed E-state index contributed by atoms with van der Waals surface area (Å²) >= 11 is 7.63. The van der Waals surface area contributed by atoms with Gasteiger partial charge in [-0.05, 0) is 30.2 Å². The average Bonchev–Trinajstić information content (AvgIpc) is 3.08. The number of nitrogens with zero attached hydrogens (tertiary/aromatic N) is 1. The Kier molecular flexibility index (Phi) is 7.45. The van der Waals surface area contributed by atoms with E-state index in [4.69, 9.17) is 22.7 Å². The summed E-state index contributed by atoms with van der Waals surface area (Å²) in [7, 11) is 0. The highest BCUT2D eigenvalue weighted by molar-refractivity contribution is 7.19. The number of carbonyl (C=O) groups excluding carboxylic acids is 1. The number of hydrogen-bond acceptors (Lipinski definition) is 5. The molecule has 1 aromatic heterocycles. The van der Waals surface area contributed by atoms with Crippen molar-refractivity contribution in [1.82, 2.24) is 4.98 Å². The standard InChI is InChI=1S/C22H22ClN5O3S/c1-12-20(32-22(26-12)28-21(24)25)14-7-8-16(23)17(9-14)27-18(29)10-15(11-19(30)31)13-5-3-2-4-6-13/h2-9,15H,10-11H2,1H3,(H,27,29)(H,30,31)(H4,24,25,26,28). The Hall–Kier alpha value is -3.43. The van der Waals surface area contributed by atoms with Gasteiger partial charge in [0, 0.05) is 12.3 Å². The van der Waals surface area contributed by atoms with Gasteiger partial charge in [0.1, 0.15) is 0 Å². The summed E-state index contributed by atoms with van der Waals surface area (Å²) in [6, 6.07) is 14.3. The van der Waals surface area contributed by atoms with E-state index >= 15 is 0 Å². The normalized spacial score (nSPS) is 11.6. The Balaban J connectivity index is 1.80. The first-order valence-corrected chi connectivity index (χ1v) is 10.9. The van der Waals surface area contributed by atoms with E-state index < -0.39 is 11.9 Å². The number of carboxylic acids is 1. The lowest BCUT2D eigenvalue weighted by Gasteiger charge is -2.16. The van der Waals surface area contributed by atoms with E-state index in [9.17, 15) is 14.7 Å². The Morgan fingerprint density at radius 2 is 1.91 bits per heavy atom. The molecule has 0 saturated carbocycles. The molecule has 1 heterocycles. The minimum Gasteiger partial charge on any atom is -0.481 e. The fourth-order valence-electron chi connectivity index (χ4n) is 3.26. The molecule has 0 aliphatic rings. The number of carboxylic acid groups (broad SMARTS) is 1. The van der Waals surface area contributed by atoms with Crippen molar-refractivity contribution in [2.75, 3.05) is 10.6 Å². The van der Waals surface area contributed by atoms with Gasteiger partial charge >= 0.3 is 5.97 Å². The van der Waals surface area contributed by atoms with Gasteiger partial charge < -0.3 is 21.5 Å². The number of thiazole rings is 1. The Labute approximate surface area is 194 Å². The third-order valence-electron chi connectivity index (χ3n) is 4.66. The number of amides is 1. The van der Waals surface area contributed by atoms with E-state index in [0.717, 1.165) is 21.7 Å². The molecule has 0 saturated heterocycles. The Bertz CT molecular complexity index is 1150. The van der Waals surface area contributed by atoms with Crippen molar-refractivity contribution in [2.24, 2.45) is 5.73 Å². The average molecular weight is 472 g/mol. The molecule has 0 spiro atoms. The van der Waals surface area contributed by atoms with Crippen molar-refractivity contribution in [3.8, 4) is 10.4 Å². The number of benzene rings is 2. The van der Waals surface area contributed by atoms with Crippen molar-refractivity contribution in [3.05, 3.63) is 64.8 Å². The number of anilines is 2. The van der Waals surface area contributed by atoms with Gasteiger partial charge in [-0.3, -0.25) is 15.0 Å². The highest BCUT2D eigenvalue weighted by atomic mass is 35.5. The molecule has 8 nitrogen and oxygen atoms in total. The summed E-state index contributed by atoms with van der Waals surface area (Å²) in [5, 5.41) is 22.9. The van der Waals surface area contributed by atoms with Crippen LogP contribution >= 0.6 is 22.9 Å². The first kappa shape index (κ1) is 23.2. The molecule has 1 atom stereocenters. The van der Waals surface area contributed by atoms with Crippen molar-refractivity contribution >= 4 is 51.6 Å². The van der Waals surface area contributed by atoms with Crippen LogP contribution in [0, 0.1) is 12.3 Å². The fourth-order valence-corrected chi connectivity index (χ4v) is 4.40. The molecule has 1 amide bonds. The van der Waals surface area contributed by atoms with Crippen LogP contribution in [0.15, 0.2) is 48.5 Å². The van der Waals surface area contributed by atoms with Crippen molar-refractivity contribution in [2.45, 2.75) is 25.7 Å². The summed E-state index contributed by atoms with van der Waals surface area (Å²) < 4.78 is 0. The molecule has 10 heteroatoms. The highest BCUT2D eigenvalue weighted by Gasteiger charge is 2.20. The summed E-state index contributed by atoms with van der Waals surface area (Å²) in [6.07, 6.45) is -0.152. The molecule has 3 rings (SSSR count). The Morgan fingerprint density at radius 3 is 2.56 bits per heavy atom. The maximum absolute atomic E-state index is 12.8. The minimum atomic E-state index is -0.970. The number of aromatic nitrogens is 1. The van der Waals surface area contributed by atoms with Crippen LogP contribution in [0.1, 0.15) is 30.0 Å². The van der Waals surface area contributed by atoms with Gasteiger partial charge in [0.05, 0.1) is 27.7 Å². The largest absolute Gasteiger partial charge is 0.481 e. The van der Waals surface area contributed by atoms with E-state index in [1.54, 1.807) is 12.1 Å². The number of guanidine groups is 1. The van der Waals surface area contributed by atoms with E-state index in [1.165, 1.54) is 11.3 Å². The number of nitrogens with two attached hydrogens (primary N) is 1. The molecule has 3 aromatic rings. The number of aryl methyl sites for hydroxylation is 1. The molecule has 166 valence electrons. The van der Waals surface area contributed by atoms with Crippen molar-refractivity contribution in [3.63, 3.8) is 0 Å². The molecule has 1 unspecified atom stereocenters. The molecule has 32 heavy (non-hydrogen) atoms. The van der Waals surface area contributed by atoms with Crippen LogP contribution in [0.4, 0.5) is 10.8 Å². The second-order valence-electron chi connectivity index (χ2n) is 7.12. The first-order chi connectivity index (χ1) is 15.2. The monoisotopic (exact) mass is 471 g/mol. The van der Waals surface area contributed by atoms with Gasteiger partial charge in [-0.1, -0.05) is 59.3 Å². The van der Waals surface area contributed by atoms with Crippen molar-refractivity contribution < 1.29 is 14.7 Å². The number of halogens is 1. The maximum atomic E-state index is 12.8. The molecule has 6 N–H and O–H groups in total. The topological polar surface area (TPSA) is 141 Å². The smallest absolute Gasteiger partial charge is 0.303 e. The molecule has 2 aromatic carbocycles. The fraction of sp³-hybridized carbons (Fsp3) is 0.182. The van der Waals surface area contributed by atoms with E-state index in [2.05, 4.69) is 15.6 Å². The lowest BCUT2D eigenvalue weighted by molar-refractivity contribution is -0.137. The van der Waals surface area contributed by atoms with E-state index in [0.29, 0.717) is 15.8 Å². The SMILES string of the molecule is Cc1nc(NC(=N)N)sc1-c1ccc(Cl)c(NC(=O)CC(CC(=O)O)c2ccccc2)c1. The number of carbonyl (C=O) groups is 2. The van der Waals surface area contributed by atoms with Gasteiger partial charge in [-0.25, -0.2) is 4.98 Å². The predicted octanol–water partition coefficient (Wildman–Crippen LogP) is 4.66. The van der Waals surface area contributed by atoms with Crippen LogP contribution in [0.5, 0.6) is 0 Å². The third kappa shape index (κ3) is 6.05. The number of rotatable bonds is 8. The summed E-state index contributed by atoms with van der Waals surface area (Å²) in [5.41, 5.74) is 8.11. The predicted molar refractivity (Wildman–Crippen MR) is 128 cm³/mol. The zero-order valence-electron chi connectivity index (χ0n) is 17.2. The minimum absolute atomic E-state index is 0.00311. The Morgan fingerprint density at radius 1 is 1.19 bits per heavy atom. The van der Waals surface area contributed by atoms with Crippen LogP contribution < -0.4 is 16.4 Å². The van der Waals surface area contributed by atoms with Gasteiger partial charge in [0.15, 0.2) is 11.1 Å². The van der Waals surface area contributed by atoms with E-state index in [1.807, 2.05) is 43.3 Å². The molecule has 0 radical (unpaired) electrons. The summed E-state index contributed by atoms with van der Waals surface area (Å²) in [6.45, 7) is 1.83. The molecule has 0 aliphatic heterocycles. The first-order valence-electron chi connectivity index (χ1n) is 9.68. The van der Waals surface area contributed by atoms with Gasteiger partial charge in [0.25, 0.3) is 0 Å². The molecule has 0 bridgehead atoms. The van der Waals surface area contributed by atoms with Gasteiger partial charge in [-0.15, -0.1) is 0 Å². The van der Waals surface area contributed by atoms with Crippen LogP contribution in [0.25, 0.3) is 10.4 Å². The van der Waals surface area contributed by atoms with Crippen LogP contribution in [0.3, 0.4) is 0 Å². The number of nitrogens with one attached hydrogen (secondary N) is 3. The second-order valence-corrected chi connectivity index (χ2v) is 8.53. The van der Waals surface area contributed by atoms with Gasteiger partial charge in [-0.2, -0.15) is 0 Å². The zero-order valence-corrected chi connectivity index (χ0v) is 18.8. The lowest BCUT2D eigenvalue weighted by atomic mass is 9.92. The molecular weight excluding hydrogens is 450 g/mol. The second kappa shape index (κ2) is 10.3. The lowest BCUT2D eigenvalue weighted by Crippen LogP contribution is -2.20. The highest BCUT2D eigenvalue weighted by Crippen LogP contribution is 2.36. The van der Waals surface area contributed by atoms with Crippen LogP contribution in [0.2, 0.25) is 5.02 Å². The number of aliphatic carboxylic acids is 1. The van der Waals surface area contributed by atoms with Crippen LogP contribution in [-0.2, 0) is 9.59 Å². The molecule has 0 fully saturated rings. The zero-order chi connectivity index (χ0) is 23.3. The quantitative estimate of drug-likeness (QED) is 0.239. The third-order valence-corrected chi connectivity index (χ3v) is 6.12. The summed E-state index contributed by atoms with van der Waals surface area (Å²) in [4.78, 5) is 29.2.